The smallest absolute Gasteiger partial charge is 0.315 e. The second kappa shape index (κ2) is 7.36. The number of halogens is 1. The summed E-state index contributed by atoms with van der Waals surface area (Å²) in [5.41, 5.74) is 2.95. The molecule has 5 heteroatoms. The zero-order valence-electron chi connectivity index (χ0n) is 14.1. The molecule has 0 saturated carbocycles. The summed E-state index contributed by atoms with van der Waals surface area (Å²) in [4.78, 5) is 29.9. The minimum Gasteiger partial charge on any atom is -0.461 e. The molecule has 25 heavy (non-hydrogen) atoms. The number of hydrogen-bond acceptors (Lipinski definition) is 4. The van der Waals surface area contributed by atoms with Crippen molar-refractivity contribution in [3.63, 3.8) is 0 Å². The van der Waals surface area contributed by atoms with Gasteiger partial charge < -0.3 is 4.74 Å². The molecule has 3 rings (SSSR count). The third kappa shape index (κ3) is 3.45. The number of nitrogens with zero attached hydrogens (tertiary/aromatic N) is 1. The summed E-state index contributed by atoms with van der Waals surface area (Å²) in [7, 11) is 0. The van der Waals surface area contributed by atoms with Gasteiger partial charge in [0.1, 0.15) is 12.5 Å². The van der Waals surface area contributed by atoms with E-state index in [0.717, 1.165) is 24.1 Å². The largest absolute Gasteiger partial charge is 0.461 e. The van der Waals surface area contributed by atoms with Crippen molar-refractivity contribution in [1.82, 2.24) is 0 Å². The molecule has 0 saturated heterocycles. The molecule has 0 spiro atoms. The number of allylic oxidation sites excluding steroid dienone is 2. The van der Waals surface area contributed by atoms with E-state index in [0.29, 0.717) is 22.7 Å². The van der Waals surface area contributed by atoms with Gasteiger partial charge in [-0.3, -0.25) is 14.6 Å². The van der Waals surface area contributed by atoms with Crippen LogP contribution in [0, 0.1) is 5.92 Å². The summed E-state index contributed by atoms with van der Waals surface area (Å²) < 4.78 is 5.29. The highest BCUT2D eigenvalue weighted by Gasteiger charge is 2.43. The molecule has 0 aromatic heterocycles. The average molecular weight is 358 g/mol. The highest BCUT2D eigenvalue weighted by atomic mass is 35.5. The maximum Gasteiger partial charge on any atom is 0.315 e. The fraction of sp³-hybridized carbons (Fsp3) is 0.350. The van der Waals surface area contributed by atoms with Crippen LogP contribution in [0.1, 0.15) is 37.7 Å². The molecule has 4 nitrogen and oxygen atoms in total. The van der Waals surface area contributed by atoms with Gasteiger partial charge in [0.25, 0.3) is 0 Å². The standard InChI is InChI=1S/C20H20ClNO3/c1-3-10-25-20(24)17-12(2)22-15-8-5-9-16(23)19(15)18(17)13-6-4-7-14(21)11-13/h3-4,6-7,11,17-18H,1,5,8-10H2,2H3. The third-order valence-electron chi connectivity index (χ3n) is 4.64. The van der Waals surface area contributed by atoms with Gasteiger partial charge in [0.2, 0.25) is 0 Å². The molecule has 0 N–H and O–H groups in total. The number of benzene rings is 1. The van der Waals surface area contributed by atoms with Crippen molar-refractivity contribution in [3.8, 4) is 0 Å². The van der Waals surface area contributed by atoms with Crippen LogP contribution in [-0.4, -0.2) is 24.1 Å². The molecule has 2 aliphatic rings. The number of aliphatic imine (C=N–C) groups is 1. The Kier molecular flexibility index (Phi) is 5.19. The van der Waals surface area contributed by atoms with Crippen molar-refractivity contribution in [3.05, 3.63) is 58.8 Å². The van der Waals surface area contributed by atoms with Crippen LogP contribution < -0.4 is 0 Å². The Balaban J connectivity index is 2.12. The van der Waals surface area contributed by atoms with E-state index >= 15 is 0 Å². The predicted molar refractivity (Wildman–Crippen MR) is 97.8 cm³/mol. The topological polar surface area (TPSA) is 55.7 Å². The van der Waals surface area contributed by atoms with Crippen LogP contribution in [0.25, 0.3) is 0 Å². The maximum absolute atomic E-state index is 12.7. The number of Topliss-reactive ketones (excluding diaryl/α,β-unsaturated/α-hetero) is 1. The SMILES string of the molecule is C=CCOC(=O)C1C(C)=NC2=C(C(=O)CCC2)C1c1cccc(Cl)c1. The Labute approximate surface area is 152 Å². The van der Waals surface area contributed by atoms with E-state index in [9.17, 15) is 9.59 Å². The molecule has 0 fully saturated rings. The first kappa shape index (κ1) is 17.6. The fourth-order valence-electron chi connectivity index (χ4n) is 3.60. The van der Waals surface area contributed by atoms with E-state index in [1.807, 2.05) is 25.1 Å². The lowest BCUT2D eigenvalue weighted by Gasteiger charge is -2.34. The fourth-order valence-corrected chi connectivity index (χ4v) is 3.80. The van der Waals surface area contributed by atoms with Gasteiger partial charge in [-0.2, -0.15) is 0 Å². The number of esters is 1. The Morgan fingerprint density at radius 2 is 2.24 bits per heavy atom. The van der Waals surface area contributed by atoms with Crippen LogP contribution in [-0.2, 0) is 14.3 Å². The first-order valence-corrected chi connectivity index (χ1v) is 8.75. The normalized spacial score (nSPS) is 23.0. The van der Waals surface area contributed by atoms with E-state index in [1.54, 1.807) is 6.07 Å². The lowest BCUT2D eigenvalue weighted by Crippen LogP contribution is -2.37. The van der Waals surface area contributed by atoms with Gasteiger partial charge in [0.15, 0.2) is 5.78 Å². The van der Waals surface area contributed by atoms with E-state index in [4.69, 9.17) is 16.3 Å². The first-order chi connectivity index (χ1) is 12.0. The van der Waals surface area contributed by atoms with Gasteiger partial charge in [-0.15, -0.1) is 0 Å². The predicted octanol–water partition coefficient (Wildman–Crippen LogP) is 4.25. The number of ketones is 1. The minimum absolute atomic E-state index is 0.0593. The number of rotatable bonds is 4. The summed E-state index contributed by atoms with van der Waals surface area (Å²) in [6.45, 7) is 5.52. The quantitative estimate of drug-likeness (QED) is 0.598. The molecular weight excluding hydrogens is 338 g/mol. The third-order valence-corrected chi connectivity index (χ3v) is 4.87. The molecule has 1 aliphatic heterocycles. The summed E-state index contributed by atoms with van der Waals surface area (Å²) in [6.07, 6.45) is 3.56. The molecule has 1 aromatic carbocycles. The van der Waals surface area contributed by atoms with Gasteiger partial charge in [0.05, 0.1) is 0 Å². The second-order valence-electron chi connectivity index (χ2n) is 6.32. The monoisotopic (exact) mass is 357 g/mol. The molecule has 1 aromatic rings. The average Bonchev–Trinajstić information content (AvgIpc) is 2.58. The van der Waals surface area contributed by atoms with Crippen LogP contribution >= 0.6 is 11.6 Å². The van der Waals surface area contributed by atoms with Gasteiger partial charge >= 0.3 is 5.97 Å². The van der Waals surface area contributed by atoms with Gasteiger partial charge in [-0.05, 0) is 37.5 Å². The van der Waals surface area contributed by atoms with Crippen molar-refractivity contribution in [2.45, 2.75) is 32.1 Å². The lowest BCUT2D eigenvalue weighted by molar-refractivity contribution is -0.145. The van der Waals surface area contributed by atoms with Crippen LogP contribution in [0.3, 0.4) is 0 Å². The van der Waals surface area contributed by atoms with Crippen LogP contribution in [0.2, 0.25) is 5.02 Å². The summed E-state index contributed by atoms with van der Waals surface area (Å²) in [5, 5.41) is 0.571. The molecule has 1 aliphatic carbocycles. The van der Waals surface area contributed by atoms with Gasteiger partial charge in [-0.1, -0.05) is 36.4 Å². The van der Waals surface area contributed by atoms with E-state index in [1.165, 1.54) is 6.08 Å². The van der Waals surface area contributed by atoms with Crippen LogP contribution in [0.4, 0.5) is 0 Å². The zero-order chi connectivity index (χ0) is 18.0. The van der Waals surface area contributed by atoms with Crippen molar-refractivity contribution in [2.24, 2.45) is 10.9 Å². The van der Waals surface area contributed by atoms with Crippen molar-refractivity contribution in [2.75, 3.05) is 6.61 Å². The first-order valence-electron chi connectivity index (χ1n) is 8.37. The Hall–Kier alpha value is -2.20. The highest BCUT2D eigenvalue weighted by Crippen LogP contribution is 2.43. The Bertz CT molecular complexity index is 794. The van der Waals surface area contributed by atoms with E-state index in [2.05, 4.69) is 11.6 Å². The second-order valence-corrected chi connectivity index (χ2v) is 6.76. The molecule has 1 heterocycles. The van der Waals surface area contributed by atoms with Crippen molar-refractivity contribution in [1.29, 1.82) is 0 Å². The number of ether oxygens (including phenoxy) is 1. The molecule has 2 atom stereocenters. The molecule has 130 valence electrons. The summed E-state index contributed by atoms with van der Waals surface area (Å²) in [5.74, 6) is -1.37. The molecule has 0 amide bonds. The van der Waals surface area contributed by atoms with Crippen LogP contribution in [0.15, 0.2) is 53.2 Å². The molecular formula is C20H20ClNO3. The van der Waals surface area contributed by atoms with Crippen molar-refractivity contribution < 1.29 is 14.3 Å². The molecule has 0 radical (unpaired) electrons. The molecule has 2 unspecified atom stereocenters. The van der Waals surface area contributed by atoms with E-state index < -0.39 is 17.8 Å². The Morgan fingerprint density at radius 1 is 1.44 bits per heavy atom. The Morgan fingerprint density at radius 3 is 2.96 bits per heavy atom. The molecule has 0 bridgehead atoms. The van der Waals surface area contributed by atoms with Gasteiger partial charge in [-0.25, -0.2) is 0 Å². The minimum atomic E-state index is -0.626. The summed E-state index contributed by atoms with van der Waals surface area (Å²) in [6, 6.07) is 7.32. The lowest BCUT2D eigenvalue weighted by atomic mass is 9.72. The number of carbonyl (C=O) groups is 2. The summed E-state index contributed by atoms with van der Waals surface area (Å²) >= 11 is 6.16. The van der Waals surface area contributed by atoms with Gasteiger partial charge in [0, 0.05) is 34.3 Å². The number of carbonyl (C=O) groups excluding carboxylic acids is 2. The van der Waals surface area contributed by atoms with Crippen LogP contribution in [0.5, 0.6) is 0 Å². The van der Waals surface area contributed by atoms with E-state index in [-0.39, 0.29) is 12.4 Å². The maximum atomic E-state index is 12.7. The number of hydrogen-bond donors (Lipinski definition) is 0. The zero-order valence-corrected chi connectivity index (χ0v) is 14.9. The highest BCUT2D eigenvalue weighted by molar-refractivity contribution is 6.30. The van der Waals surface area contributed by atoms with Crippen molar-refractivity contribution >= 4 is 29.1 Å².